The van der Waals surface area contributed by atoms with Crippen LogP contribution in [0.4, 0.5) is 0 Å². The Morgan fingerprint density at radius 2 is 1.75 bits per heavy atom. The Labute approximate surface area is 106 Å². The average Bonchev–Trinajstić information content (AvgIpc) is 2.61. The number of piperidine rings is 1. The van der Waals surface area contributed by atoms with Crippen molar-refractivity contribution >= 4 is 23.2 Å². The maximum atomic E-state index is 6.27. The molecule has 1 N–H and O–H groups in total. The first-order chi connectivity index (χ1) is 7.72. The molecular weight excluding hydrogens is 241 g/mol. The first-order valence-corrected chi connectivity index (χ1v) is 6.69. The zero-order chi connectivity index (χ0) is 11.1. The van der Waals surface area contributed by atoms with E-state index in [9.17, 15) is 0 Å². The van der Waals surface area contributed by atoms with Gasteiger partial charge in [-0.25, -0.2) is 0 Å². The summed E-state index contributed by atoms with van der Waals surface area (Å²) >= 11 is 12.3. The number of rotatable bonds is 1. The lowest BCUT2D eigenvalue weighted by atomic mass is 9.86. The monoisotopic (exact) mass is 255 g/mol. The Kier molecular flexibility index (Phi) is 2.87. The smallest absolute Gasteiger partial charge is 0.0441 e. The summed E-state index contributed by atoms with van der Waals surface area (Å²) in [5.74, 6) is 0.588. The van der Waals surface area contributed by atoms with Crippen LogP contribution >= 0.6 is 23.2 Å². The van der Waals surface area contributed by atoms with E-state index >= 15 is 0 Å². The van der Waals surface area contributed by atoms with Gasteiger partial charge in [-0.1, -0.05) is 23.2 Å². The van der Waals surface area contributed by atoms with Gasteiger partial charge in [0.05, 0.1) is 0 Å². The van der Waals surface area contributed by atoms with Crippen molar-refractivity contribution in [1.29, 1.82) is 0 Å². The van der Waals surface area contributed by atoms with Crippen molar-refractivity contribution < 1.29 is 0 Å². The second kappa shape index (κ2) is 4.21. The lowest BCUT2D eigenvalue weighted by Gasteiger charge is -2.30. The van der Waals surface area contributed by atoms with E-state index in [4.69, 9.17) is 23.2 Å². The fourth-order valence-electron chi connectivity index (χ4n) is 3.14. The number of halogens is 2. The van der Waals surface area contributed by atoms with E-state index in [-0.39, 0.29) is 0 Å². The summed E-state index contributed by atoms with van der Waals surface area (Å²) in [6.07, 6.45) is 5.05. The summed E-state index contributed by atoms with van der Waals surface area (Å²) in [5, 5.41) is 5.32. The topological polar surface area (TPSA) is 12.0 Å². The average molecular weight is 256 g/mol. The molecule has 0 amide bonds. The van der Waals surface area contributed by atoms with Crippen LogP contribution in [0, 0.1) is 0 Å². The van der Waals surface area contributed by atoms with E-state index in [1.807, 2.05) is 18.2 Å². The number of hydrogen-bond acceptors (Lipinski definition) is 1. The van der Waals surface area contributed by atoms with Crippen LogP contribution < -0.4 is 5.32 Å². The van der Waals surface area contributed by atoms with Gasteiger partial charge < -0.3 is 5.32 Å². The van der Waals surface area contributed by atoms with Crippen molar-refractivity contribution in [1.82, 2.24) is 5.32 Å². The number of fused-ring (bicyclic) bond motifs is 2. The van der Waals surface area contributed by atoms with Crippen molar-refractivity contribution in [3.63, 3.8) is 0 Å². The molecule has 0 aromatic heterocycles. The van der Waals surface area contributed by atoms with Gasteiger partial charge in [-0.3, -0.25) is 0 Å². The molecule has 2 bridgehead atoms. The molecule has 2 unspecified atom stereocenters. The van der Waals surface area contributed by atoms with Gasteiger partial charge in [0.1, 0.15) is 0 Å². The van der Waals surface area contributed by atoms with Gasteiger partial charge in [0, 0.05) is 22.1 Å². The molecule has 2 aliphatic heterocycles. The number of hydrogen-bond donors (Lipinski definition) is 1. The summed E-state index contributed by atoms with van der Waals surface area (Å²) < 4.78 is 0. The summed E-state index contributed by atoms with van der Waals surface area (Å²) in [6, 6.07) is 7.21. The minimum Gasteiger partial charge on any atom is -0.311 e. The molecule has 86 valence electrons. The maximum absolute atomic E-state index is 6.27. The third kappa shape index (κ3) is 1.97. The van der Waals surface area contributed by atoms with Gasteiger partial charge in [0.25, 0.3) is 0 Å². The lowest BCUT2D eigenvalue weighted by Crippen LogP contribution is -2.37. The minimum atomic E-state index is 0.588. The molecule has 1 aromatic carbocycles. The molecule has 2 aliphatic rings. The Bertz CT molecular complexity index is 393. The Hall–Kier alpha value is -0.240. The van der Waals surface area contributed by atoms with Gasteiger partial charge >= 0.3 is 0 Å². The fourth-order valence-corrected chi connectivity index (χ4v) is 3.59. The van der Waals surface area contributed by atoms with Crippen LogP contribution in [-0.4, -0.2) is 12.1 Å². The maximum Gasteiger partial charge on any atom is 0.0441 e. The van der Waals surface area contributed by atoms with Gasteiger partial charge in [-0.05, 0) is 55.4 Å². The highest BCUT2D eigenvalue weighted by atomic mass is 35.5. The van der Waals surface area contributed by atoms with E-state index < -0.39 is 0 Å². The van der Waals surface area contributed by atoms with Crippen molar-refractivity contribution in [3.8, 4) is 0 Å². The zero-order valence-corrected chi connectivity index (χ0v) is 10.6. The van der Waals surface area contributed by atoms with E-state index in [0.717, 1.165) is 10.0 Å². The van der Waals surface area contributed by atoms with Crippen LogP contribution in [0.15, 0.2) is 18.2 Å². The summed E-state index contributed by atoms with van der Waals surface area (Å²) in [5.41, 5.74) is 1.24. The third-order valence-electron chi connectivity index (χ3n) is 3.87. The molecule has 0 spiro atoms. The van der Waals surface area contributed by atoms with Crippen molar-refractivity contribution in [2.24, 2.45) is 0 Å². The van der Waals surface area contributed by atoms with Crippen LogP contribution in [0.1, 0.15) is 37.2 Å². The standard InChI is InChI=1S/C13H15Cl2N/c14-9-1-4-13(15)12(7-9)8-5-10-2-3-11(6-8)16-10/h1,4,7-8,10-11,16H,2-3,5-6H2. The van der Waals surface area contributed by atoms with Crippen LogP contribution in [-0.2, 0) is 0 Å². The zero-order valence-electron chi connectivity index (χ0n) is 9.05. The van der Waals surface area contributed by atoms with Gasteiger partial charge in [-0.15, -0.1) is 0 Å². The van der Waals surface area contributed by atoms with Crippen molar-refractivity contribution in [2.45, 2.75) is 43.7 Å². The van der Waals surface area contributed by atoms with Crippen molar-refractivity contribution in [3.05, 3.63) is 33.8 Å². The minimum absolute atomic E-state index is 0.588. The van der Waals surface area contributed by atoms with Crippen LogP contribution in [0.3, 0.4) is 0 Å². The second-order valence-electron chi connectivity index (χ2n) is 4.97. The molecule has 2 fully saturated rings. The van der Waals surface area contributed by atoms with Crippen LogP contribution in [0.25, 0.3) is 0 Å². The number of nitrogens with one attached hydrogen (secondary N) is 1. The van der Waals surface area contributed by atoms with E-state index in [0.29, 0.717) is 18.0 Å². The predicted molar refractivity (Wildman–Crippen MR) is 68.4 cm³/mol. The molecule has 1 nitrogen and oxygen atoms in total. The summed E-state index contributed by atoms with van der Waals surface area (Å²) in [7, 11) is 0. The molecular formula is C13H15Cl2N. The molecule has 3 heteroatoms. The first kappa shape index (κ1) is 10.9. The van der Waals surface area contributed by atoms with Crippen LogP contribution in [0.2, 0.25) is 10.0 Å². The Morgan fingerprint density at radius 3 is 2.44 bits per heavy atom. The van der Waals surface area contributed by atoms with E-state index in [1.165, 1.54) is 31.2 Å². The highest BCUT2D eigenvalue weighted by molar-refractivity contribution is 6.33. The SMILES string of the molecule is Clc1ccc(Cl)c(C2CC3CCC(C2)N3)c1. The first-order valence-electron chi connectivity index (χ1n) is 5.93. The second-order valence-corrected chi connectivity index (χ2v) is 5.82. The quantitative estimate of drug-likeness (QED) is 0.801. The molecule has 1 aromatic rings. The molecule has 2 atom stereocenters. The fraction of sp³-hybridized carbons (Fsp3) is 0.538. The van der Waals surface area contributed by atoms with Gasteiger partial charge in [0.2, 0.25) is 0 Å². The highest BCUT2D eigenvalue weighted by Gasteiger charge is 2.34. The van der Waals surface area contributed by atoms with Crippen molar-refractivity contribution in [2.75, 3.05) is 0 Å². The Morgan fingerprint density at radius 1 is 1.06 bits per heavy atom. The van der Waals surface area contributed by atoms with Crippen LogP contribution in [0.5, 0.6) is 0 Å². The summed E-state index contributed by atoms with van der Waals surface area (Å²) in [4.78, 5) is 0. The number of benzene rings is 1. The normalized spacial score (nSPS) is 33.0. The van der Waals surface area contributed by atoms with E-state index in [1.54, 1.807) is 0 Å². The molecule has 0 radical (unpaired) electrons. The van der Waals surface area contributed by atoms with Gasteiger partial charge in [0.15, 0.2) is 0 Å². The largest absolute Gasteiger partial charge is 0.311 e. The molecule has 2 saturated heterocycles. The van der Waals surface area contributed by atoms with Gasteiger partial charge in [-0.2, -0.15) is 0 Å². The molecule has 2 heterocycles. The van der Waals surface area contributed by atoms with E-state index in [2.05, 4.69) is 5.32 Å². The lowest BCUT2D eigenvalue weighted by molar-refractivity contribution is 0.363. The molecule has 3 rings (SSSR count). The predicted octanol–water partition coefficient (Wildman–Crippen LogP) is 3.99. The molecule has 0 aliphatic carbocycles. The Balaban J connectivity index is 1.89. The highest BCUT2D eigenvalue weighted by Crippen LogP contribution is 2.40. The molecule has 0 saturated carbocycles. The summed E-state index contributed by atoms with van der Waals surface area (Å²) in [6.45, 7) is 0. The molecule has 16 heavy (non-hydrogen) atoms. The third-order valence-corrected chi connectivity index (χ3v) is 4.45.